The Hall–Kier alpha value is -1.46. The van der Waals surface area contributed by atoms with Crippen LogP contribution in [0.3, 0.4) is 0 Å². The number of aliphatic carboxylic acids is 1. The fourth-order valence-electron chi connectivity index (χ4n) is 3.82. The SMILES string of the molecule is O=C(O)[C@@H]1[C@@H](C(=O)N2CCN(S(=O)(=O)c3ccc(Cl)s3)CC2)[C@H]2C=C[C@@H]1O2. The molecular formula is C16H17ClN2O6S2. The molecule has 8 nitrogen and oxygen atoms in total. The summed E-state index contributed by atoms with van der Waals surface area (Å²) in [6.45, 7) is 0.722. The van der Waals surface area contributed by atoms with E-state index in [9.17, 15) is 23.1 Å². The third-order valence-electron chi connectivity index (χ3n) is 5.16. The number of fused-ring (bicyclic) bond motifs is 2. The normalized spacial score (nSPS) is 30.8. The van der Waals surface area contributed by atoms with Gasteiger partial charge in [-0.2, -0.15) is 4.31 Å². The lowest BCUT2D eigenvalue weighted by molar-refractivity contribution is -0.150. The average Bonchev–Trinajstić information content (AvgIpc) is 3.36. The van der Waals surface area contributed by atoms with Crippen molar-refractivity contribution in [3.8, 4) is 0 Å². The lowest BCUT2D eigenvalue weighted by Gasteiger charge is -2.36. The minimum Gasteiger partial charge on any atom is -0.481 e. The van der Waals surface area contributed by atoms with Gasteiger partial charge in [-0.15, -0.1) is 11.3 Å². The molecule has 27 heavy (non-hydrogen) atoms. The Labute approximate surface area is 165 Å². The first-order chi connectivity index (χ1) is 12.8. The van der Waals surface area contributed by atoms with E-state index < -0.39 is 40.0 Å². The highest BCUT2D eigenvalue weighted by Gasteiger charge is 2.54. The molecule has 0 aromatic carbocycles. The molecule has 1 N–H and O–H groups in total. The summed E-state index contributed by atoms with van der Waals surface area (Å²) in [7, 11) is -3.64. The molecule has 146 valence electrons. The number of hydrogen-bond acceptors (Lipinski definition) is 6. The van der Waals surface area contributed by atoms with Crippen molar-refractivity contribution in [3.05, 3.63) is 28.6 Å². The lowest BCUT2D eigenvalue weighted by Crippen LogP contribution is -2.54. The second kappa shape index (κ2) is 6.85. The monoisotopic (exact) mass is 432 g/mol. The standard InChI is InChI=1S/C16H17ClN2O6S2/c17-11-3-4-12(26-11)27(23,24)19-7-5-18(6-8-19)15(20)13-9-1-2-10(25-9)14(13)16(21)22/h1-4,9-10,13-14H,5-8H2,(H,21,22)/t9-,10+,13+,14+/m1/s1. The van der Waals surface area contributed by atoms with E-state index in [2.05, 4.69) is 0 Å². The van der Waals surface area contributed by atoms with E-state index in [4.69, 9.17) is 16.3 Å². The number of rotatable bonds is 4. The second-order valence-electron chi connectivity index (χ2n) is 6.63. The highest BCUT2D eigenvalue weighted by molar-refractivity contribution is 7.91. The molecule has 2 fully saturated rings. The third kappa shape index (κ3) is 3.19. The summed E-state index contributed by atoms with van der Waals surface area (Å²) >= 11 is 6.82. The Morgan fingerprint density at radius 3 is 2.30 bits per heavy atom. The zero-order valence-corrected chi connectivity index (χ0v) is 16.4. The summed E-state index contributed by atoms with van der Waals surface area (Å²) in [4.78, 5) is 26.0. The van der Waals surface area contributed by atoms with Crippen molar-refractivity contribution in [1.82, 2.24) is 9.21 Å². The molecule has 0 radical (unpaired) electrons. The Kier molecular flexibility index (Phi) is 4.79. The molecule has 0 aliphatic carbocycles. The number of sulfonamides is 1. The van der Waals surface area contributed by atoms with E-state index >= 15 is 0 Å². The molecule has 2 bridgehead atoms. The number of halogens is 1. The minimum atomic E-state index is -3.64. The predicted octanol–water partition coefficient (Wildman–Crippen LogP) is 0.889. The maximum absolute atomic E-state index is 12.9. The lowest BCUT2D eigenvalue weighted by atomic mass is 9.82. The summed E-state index contributed by atoms with van der Waals surface area (Å²) in [6.07, 6.45) is 2.31. The molecule has 4 rings (SSSR count). The number of amides is 1. The topological polar surface area (TPSA) is 104 Å². The molecular weight excluding hydrogens is 416 g/mol. The Bertz CT molecular complexity index is 906. The molecule has 3 aliphatic heterocycles. The van der Waals surface area contributed by atoms with Crippen LogP contribution < -0.4 is 0 Å². The second-order valence-corrected chi connectivity index (χ2v) is 10.5. The number of ether oxygens (including phenoxy) is 1. The smallest absolute Gasteiger partial charge is 0.310 e. The van der Waals surface area contributed by atoms with Gasteiger partial charge in [0, 0.05) is 26.2 Å². The summed E-state index contributed by atoms with van der Waals surface area (Å²) in [6, 6.07) is 3.00. The van der Waals surface area contributed by atoms with Crippen LogP contribution in [0.4, 0.5) is 0 Å². The third-order valence-corrected chi connectivity index (χ3v) is 8.76. The molecule has 0 spiro atoms. The maximum Gasteiger partial charge on any atom is 0.310 e. The number of hydrogen-bond donors (Lipinski definition) is 1. The summed E-state index contributed by atoms with van der Waals surface area (Å²) in [5, 5.41) is 9.45. The van der Waals surface area contributed by atoms with Crippen LogP contribution in [0.5, 0.6) is 0 Å². The van der Waals surface area contributed by atoms with Crippen LogP contribution >= 0.6 is 22.9 Å². The molecule has 4 heterocycles. The van der Waals surface area contributed by atoms with Crippen molar-refractivity contribution in [2.75, 3.05) is 26.2 Å². The molecule has 4 atom stereocenters. The maximum atomic E-state index is 12.9. The van der Waals surface area contributed by atoms with Gasteiger partial charge in [0.1, 0.15) is 10.1 Å². The Morgan fingerprint density at radius 1 is 1.11 bits per heavy atom. The molecule has 1 amide bonds. The number of carboxylic acids is 1. The summed E-state index contributed by atoms with van der Waals surface area (Å²) in [5.74, 6) is -3.02. The van der Waals surface area contributed by atoms with Gasteiger partial charge in [0.05, 0.1) is 22.5 Å². The number of piperazine rings is 1. The first kappa shape index (κ1) is 18.9. The van der Waals surface area contributed by atoms with Gasteiger partial charge in [-0.25, -0.2) is 8.42 Å². The number of carbonyl (C=O) groups excluding carboxylic acids is 1. The molecule has 1 aromatic heterocycles. The van der Waals surface area contributed by atoms with Gasteiger partial charge in [-0.05, 0) is 12.1 Å². The van der Waals surface area contributed by atoms with Crippen molar-refractivity contribution in [2.45, 2.75) is 16.4 Å². The zero-order valence-electron chi connectivity index (χ0n) is 14.0. The van der Waals surface area contributed by atoms with Gasteiger partial charge in [0.15, 0.2) is 0 Å². The van der Waals surface area contributed by atoms with E-state index in [-0.39, 0.29) is 36.3 Å². The van der Waals surface area contributed by atoms with E-state index in [1.54, 1.807) is 12.2 Å². The van der Waals surface area contributed by atoms with Crippen LogP contribution in [0.2, 0.25) is 4.34 Å². The van der Waals surface area contributed by atoms with Gasteiger partial charge in [-0.3, -0.25) is 9.59 Å². The van der Waals surface area contributed by atoms with Crippen LogP contribution in [-0.2, 0) is 24.3 Å². The van der Waals surface area contributed by atoms with Crippen molar-refractivity contribution >= 4 is 44.8 Å². The fraction of sp³-hybridized carbons (Fsp3) is 0.500. The zero-order chi connectivity index (χ0) is 19.3. The van der Waals surface area contributed by atoms with E-state index in [1.165, 1.54) is 21.3 Å². The van der Waals surface area contributed by atoms with E-state index in [0.29, 0.717) is 4.34 Å². The molecule has 0 unspecified atom stereocenters. The summed E-state index contributed by atoms with van der Waals surface area (Å²) < 4.78 is 32.7. The van der Waals surface area contributed by atoms with Crippen LogP contribution in [0, 0.1) is 11.8 Å². The van der Waals surface area contributed by atoms with Crippen LogP contribution in [0.25, 0.3) is 0 Å². The number of carbonyl (C=O) groups is 2. The van der Waals surface area contributed by atoms with Crippen LogP contribution in [0.1, 0.15) is 0 Å². The van der Waals surface area contributed by atoms with Crippen molar-refractivity contribution in [3.63, 3.8) is 0 Å². The minimum absolute atomic E-state index is 0.152. The summed E-state index contributed by atoms with van der Waals surface area (Å²) in [5.41, 5.74) is 0. The van der Waals surface area contributed by atoms with Gasteiger partial charge < -0.3 is 14.7 Å². The van der Waals surface area contributed by atoms with E-state index in [1.807, 2.05) is 0 Å². The first-order valence-corrected chi connectivity index (χ1v) is 11.0. The van der Waals surface area contributed by atoms with Crippen LogP contribution in [0.15, 0.2) is 28.5 Å². The van der Waals surface area contributed by atoms with E-state index in [0.717, 1.165) is 11.3 Å². The molecule has 3 aliphatic rings. The largest absolute Gasteiger partial charge is 0.481 e. The van der Waals surface area contributed by atoms with Crippen molar-refractivity contribution < 1.29 is 27.9 Å². The van der Waals surface area contributed by atoms with Gasteiger partial charge in [0.2, 0.25) is 5.91 Å². The first-order valence-electron chi connectivity index (χ1n) is 8.40. The van der Waals surface area contributed by atoms with Crippen molar-refractivity contribution in [2.24, 2.45) is 11.8 Å². The quantitative estimate of drug-likeness (QED) is 0.708. The molecule has 2 saturated heterocycles. The van der Waals surface area contributed by atoms with Gasteiger partial charge in [-0.1, -0.05) is 23.8 Å². The fourth-order valence-corrected chi connectivity index (χ4v) is 6.88. The van der Waals surface area contributed by atoms with Gasteiger partial charge in [0.25, 0.3) is 10.0 Å². The molecule has 0 saturated carbocycles. The Balaban J connectivity index is 1.44. The average molecular weight is 433 g/mol. The number of carboxylic acid groups (broad SMARTS) is 1. The molecule has 11 heteroatoms. The highest BCUT2D eigenvalue weighted by Crippen LogP contribution is 2.40. The van der Waals surface area contributed by atoms with Crippen molar-refractivity contribution in [1.29, 1.82) is 0 Å². The van der Waals surface area contributed by atoms with Crippen LogP contribution in [-0.4, -0.2) is 73.0 Å². The number of nitrogens with zero attached hydrogens (tertiary/aromatic N) is 2. The number of thiophene rings is 1. The highest BCUT2D eigenvalue weighted by atomic mass is 35.5. The Morgan fingerprint density at radius 2 is 1.74 bits per heavy atom. The van der Waals surface area contributed by atoms with Gasteiger partial charge >= 0.3 is 5.97 Å². The molecule has 1 aromatic rings. The predicted molar refractivity (Wildman–Crippen MR) is 97.1 cm³/mol.